The van der Waals surface area contributed by atoms with Crippen molar-refractivity contribution >= 4 is 0 Å². The zero-order valence-electron chi connectivity index (χ0n) is 8.58. The normalized spacial score (nSPS) is 36.5. The van der Waals surface area contributed by atoms with Crippen molar-refractivity contribution in [3.63, 3.8) is 0 Å². The molecule has 2 bridgehead atoms. The van der Waals surface area contributed by atoms with Gasteiger partial charge >= 0.3 is 0 Å². The van der Waals surface area contributed by atoms with E-state index in [1.807, 2.05) is 0 Å². The summed E-state index contributed by atoms with van der Waals surface area (Å²) in [5.41, 5.74) is 5.60. The van der Waals surface area contributed by atoms with Crippen LogP contribution in [-0.2, 0) is 0 Å². The zero-order chi connectivity index (χ0) is 9.26. The highest BCUT2D eigenvalue weighted by Gasteiger charge is 2.34. The Morgan fingerprint density at radius 3 is 3.00 bits per heavy atom. The number of hydrogen-bond donors (Lipinski definition) is 1. The third-order valence-electron chi connectivity index (χ3n) is 3.54. The summed E-state index contributed by atoms with van der Waals surface area (Å²) >= 11 is 0. The standard InChI is InChI=1S/C10H21N3/c1-9(2-4-11)13-7-6-12-5-3-10(13)8-12/h9-10H,2-8,11H2,1H3. The number of rotatable bonds is 3. The molecule has 0 aromatic heterocycles. The van der Waals surface area contributed by atoms with Crippen molar-refractivity contribution in [2.45, 2.75) is 31.8 Å². The first-order valence-corrected chi connectivity index (χ1v) is 5.49. The Morgan fingerprint density at radius 2 is 2.23 bits per heavy atom. The Morgan fingerprint density at radius 1 is 1.38 bits per heavy atom. The van der Waals surface area contributed by atoms with Gasteiger partial charge in [0, 0.05) is 31.7 Å². The van der Waals surface area contributed by atoms with Gasteiger partial charge in [-0.1, -0.05) is 0 Å². The number of nitrogens with two attached hydrogens (primary N) is 1. The van der Waals surface area contributed by atoms with Crippen LogP contribution in [0.3, 0.4) is 0 Å². The Balaban J connectivity index is 1.91. The highest BCUT2D eigenvalue weighted by molar-refractivity contribution is 4.90. The molecule has 0 aliphatic carbocycles. The molecule has 2 aliphatic heterocycles. The first kappa shape index (κ1) is 9.44. The van der Waals surface area contributed by atoms with Crippen LogP contribution < -0.4 is 5.73 Å². The van der Waals surface area contributed by atoms with Crippen LogP contribution in [0, 0.1) is 0 Å². The fourth-order valence-corrected chi connectivity index (χ4v) is 2.71. The monoisotopic (exact) mass is 183 g/mol. The minimum Gasteiger partial charge on any atom is -0.330 e. The molecule has 3 heteroatoms. The van der Waals surface area contributed by atoms with Crippen molar-refractivity contribution in [2.75, 3.05) is 32.7 Å². The van der Waals surface area contributed by atoms with Crippen LogP contribution in [0.1, 0.15) is 19.8 Å². The highest BCUT2D eigenvalue weighted by Crippen LogP contribution is 2.23. The Kier molecular flexibility index (Phi) is 2.86. The highest BCUT2D eigenvalue weighted by atomic mass is 15.3. The van der Waals surface area contributed by atoms with Gasteiger partial charge in [-0.15, -0.1) is 0 Å². The number of fused-ring (bicyclic) bond motifs is 2. The molecule has 0 saturated carbocycles. The lowest BCUT2D eigenvalue weighted by molar-refractivity contribution is 0.0942. The van der Waals surface area contributed by atoms with E-state index in [0.29, 0.717) is 6.04 Å². The maximum Gasteiger partial charge on any atom is 0.0238 e. The molecule has 3 nitrogen and oxygen atoms in total. The molecule has 0 aromatic rings. The lowest BCUT2D eigenvalue weighted by Crippen LogP contribution is -2.50. The minimum absolute atomic E-state index is 0.690. The van der Waals surface area contributed by atoms with Crippen LogP contribution in [0.5, 0.6) is 0 Å². The summed E-state index contributed by atoms with van der Waals surface area (Å²) in [6.07, 6.45) is 2.52. The van der Waals surface area contributed by atoms with E-state index in [9.17, 15) is 0 Å². The largest absolute Gasteiger partial charge is 0.330 e. The van der Waals surface area contributed by atoms with Crippen LogP contribution in [0.25, 0.3) is 0 Å². The van der Waals surface area contributed by atoms with Gasteiger partial charge in [-0.3, -0.25) is 4.90 Å². The Hall–Kier alpha value is -0.120. The van der Waals surface area contributed by atoms with Crippen LogP contribution in [0.2, 0.25) is 0 Å². The van der Waals surface area contributed by atoms with Crippen molar-refractivity contribution in [2.24, 2.45) is 5.73 Å². The van der Waals surface area contributed by atoms with Gasteiger partial charge in [0.05, 0.1) is 0 Å². The summed E-state index contributed by atoms with van der Waals surface area (Å²) < 4.78 is 0. The summed E-state index contributed by atoms with van der Waals surface area (Å²) in [4.78, 5) is 5.24. The lowest BCUT2D eigenvalue weighted by Gasteiger charge is -2.38. The quantitative estimate of drug-likeness (QED) is 0.674. The summed E-state index contributed by atoms with van der Waals surface area (Å²) in [6, 6.07) is 1.52. The second-order valence-electron chi connectivity index (χ2n) is 4.41. The average molecular weight is 183 g/mol. The topological polar surface area (TPSA) is 32.5 Å². The van der Waals surface area contributed by atoms with E-state index in [2.05, 4.69) is 16.7 Å². The zero-order valence-corrected chi connectivity index (χ0v) is 8.58. The summed E-state index contributed by atoms with van der Waals surface area (Å²) in [7, 11) is 0. The molecule has 2 rings (SSSR count). The fraction of sp³-hybridized carbons (Fsp3) is 1.00. The maximum absolute atomic E-state index is 5.60. The fourth-order valence-electron chi connectivity index (χ4n) is 2.71. The van der Waals surface area contributed by atoms with Crippen molar-refractivity contribution in [3.8, 4) is 0 Å². The van der Waals surface area contributed by atoms with E-state index in [1.54, 1.807) is 0 Å². The van der Waals surface area contributed by atoms with Crippen LogP contribution in [0.4, 0.5) is 0 Å². The van der Waals surface area contributed by atoms with Crippen molar-refractivity contribution in [1.82, 2.24) is 9.80 Å². The van der Waals surface area contributed by atoms with Gasteiger partial charge in [0.1, 0.15) is 0 Å². The number of nitrogens with zero attached hydrogens (tertiary/aromatic N) is 2. The molecular weight excluding hydrogens is 162 g/mol. The molecule has 2 saturated heterocycles. The van der Waals surface area contributed by atoms with Crippen molar-refractivity contribution in [1.29, 1.82) is 0 Å². The van der Waals surface area contributed by atoms with Gasteiger partial charge < -0.3 is 10.6 Å². The number of hydrogen-bond acceptors (Lipinski definition) is 3. The minimum atomic E-state index is 0.690. The van der Waals surface area contributed by atoms with E-state index in [0.717, 1.165) is 19.0 Å². The van der Waals surface area contributed by atoms with Gasteiger partial charge in [-0.25, -0.2) is 0 Å². The van der Waals surface area contributed by atoms with Gasteiger partial charge in [-0.2, -0.15) is 0 Å². The Labute approximate surface area is 80.9 Å². The smallest absolute Gasteiger partial charge is 0.0238 e. The van der Waals surface area contributed by atoms with E-state index in [-0.39, 0.29) is 0 Å². The predicted octanol–water partition coefficient (Wildman–Crippen LogP) is 0.114. The number of piperazine rings is 1. The molecule has 0 spiro atoms. The second kappa shape index (κ2) is 3.95. The molecule has 0 aromatic carbocycles. The molecule has 0 radical (unpaired) electrons. The second-order valence-corrected chi connectivity index (χ2v) is 4.41. The molecular formula is C10H21N3. The molecule has 13 heavy (non-hydrogen) atoms. The van der Waals surface area contributed by atoms with E-state index >= 15 is 0 Å². The van der Waals surface area contributed by atoms with Crippen LogP contribution >= 0.6 is 0 Å². The maximum atomic E-state index is 5.60. The van der Waals surface area contributed by atoms with Gasteiger partial charge in [0.25, 0.3) is 0 Å². The van der Waals surface area contributed by atoms with Crippen molar-refractivity contribution < 1.29 is 0 Å². The molecule has 3 unspecified atom stereocenters. The van der Waals surface area contributed by atoms with E-state index < -0.39 is 0 Å². The van der Waals surface area contributed by atoms with Crippen molar-refractivity contribution in [3.05, 3.63) is 0 Å². The third kappa shape index (κ3) is 1.87. The van der Waals surface area contributed by atoms with Crippen LogP contribution in [-0.4, -0.2) is 54.6 Å². The van der Waals surface area contributed by atoms with Gasteiger partial charge in [0.15, 0.2) is 0 Å². The summed E-state index contributed by atoms with van der Waals surface area (Å²) in [5.74, 6) is 0. The molecule has 76 valence electrons. The Bertz CT molecular complexity index is 172. The lowest BCUT2D eigenvalue weighted by atomic mass is 10.1. The molecule has 0 amide bonds. The van der Waals surface area contributed by atoms with E-state index in [1.165, 1.54) is 32.6 Å². The summed E-state index contributed by atoms with van der Waals surface area (Å²) in [6.45, 7) is 8.29. The molecule has 2 fully saturated rings. The SMILES string of the molecule is CC(CCN)N1CCN2CCC1C2. The van der Waals surface area contributed by atoms with E-state index in [4.69, 9.17) is 5.73 Å². The molecule has 3 atom stereocenters. The summed E-state index contributed by atoms with van der Waals surface area (Å²) in [5, 5.41) is 0. The molecule has 2 N–H and O–H groups in total. The van der Waals surface area contributed by atoms with Gasteiger partial charge in [0.2, 0.25) is 0 Å². The molecule has 2 aliphatic rings. The predicted molar refractivity (Wildman–Crippen MR) is 54.7 cm³/mol. The molecule has 2 heterocycles. The first-order chi connectivity index (χ1) is 6.31. The average Bonchev–Trinajstić information content (AvgIpc) is 2.48. The van der Waals surface area contributed by atoms with Crippen LogP contribution in [0.15, 0.2) is 0 Å². The first-order valence-electron chi connectivity index (χ1n) is 5.49. The van der Waals surface area contributed by atoms with Gasteiger partial charge in [-0.05, 0) is 32.9 Å². The third-order valence-corrected chi connectivity index (χ3v) is 3.54.